The fraction of sp³-hybridized carbons (Fsp3) is 0.200. The van der Waals surface area contributed by atoms with E-state index in [0.29, 0.717) is 5.69 Å². The molecule has 0 aliphatic carbocycles. The van der Waals surface area contributed by atoms with Crippen molar-refractivity contribution in [1.82, 2.24) is 0 Å². The van der Waals surface area contributed by atoms with Crippen LogP contribution in [0.1, 0.15) is 12.5 Å². The molecule has 0 aromatic heterocycles. The molecule has 0 aliphatic heterocycles. The van der Waals surface area contributed by atoms with Crippen molar-refractivity contribution in [1.29, 1.82) is 0 Å². The van der Waals surface area contributed by atoms with Gasteiger partial charge < -0.3 is 5.32 Å². The Morgan fingerprint density at radius 3 is 2.60 bits per heavy atom. The van der Waals surface area contributed by atoms with Gasteiger partial charge in [0.15, 0.2) is 0 Å². The summed E-state index contributed by atoms with van der Waals surface area (Å²) in [6, 6.07) is 15.4. The molecule has 0 saturated heterocycles. The molecule has 0 aliphatic rings. The zero-order chi connectivity index (χ0) is 14.5. The van der Waals surface area contributed by atoms with Crippen LogP contribution in [0.4, 0.5) is 11.4 Å². The van der Waals surface area contributed by atoms with Crippen LogP contribution in [0.3, 0.4) is 0 Å². The van der Waals surface area contributed by atoms with Crippen LogP contribution < -0.4 is 5.32 Å². The second-order valence-corrected chi connectivity index (χ2v) is 5.90. The number of nitrogens with zero attached hydrogens (tertiary/aromatic N) is 1. The zero-order valence-electron chi connectivity index (χ0n) is 11.0. The van der Waals surface area contributed by atoms with Crippen LogP contribution in [0.15, 0.2) is 48.5 Å². The molecule has 0 bridgehead atoms. The molecule has 0 radical (unpaired) electrons. The van der Waals surface area contributed by atoms with Crippen molar-refractivity contribution < 1.29 is 4.92 Å². The molecular formula is C15H15IN2O2. The van der Waals surface area contributed by atoms with Gasteiger partial charge in [-0.1, -0.05) is 30.3 Å². The first-order valence-electron chi connectivity index (χ1n) is 6.30. The van der Waals surface area contributed by atoms with E-state index in [-0.39, 0.29) is 16.7 Å². The van der Waals surface area contributed by atoms with E-state index in [9.17, 15) is 10.1 Å². The maximum atomic E-state index is 11.1. The lowest BCUT2D eigenvalue weighted by Crippen LogP contribution is -2.18. The third-order valence-corrected chi connectivity index (χ3v) is 3.61. The van der Waals surface area contributed by atoms with E-state index in [1.54, 1.807) is 12.1 Å². The van der Waals surface area contributed by atoms with E-state index in [4.69, 9.17) is 0 Å². The third kappa shape index (κ3) is 3.93. The second kappa shape index (κ2) is 6.69. The van der Waals surface area contributed by atoms with E-state index in [1.165, 1.54) is 5.56 Å². The summed E-state index contributed by atoms with van der Waals surface area (Å²) in [5, 5.41) is 14.3. The molecule has 104 valence electrons. The van der Waals surface area contributed by atoms with E-state index < -0.39 is 0 Å². The van der Waals surface area contributed by atoms with Gasteiger partial charge in [0.1, 0.15) is 5.69 Å². The average Bonchev–Trinajstić information content (AvgIpc) is 2.41. The molecule has 5 heteroatoms. The first-order chi connectivity index (χ1) is 9.56. The average molecular weight is 382 g/mol. The summed E-state index contributed by atoms with van der Waals surface area (Å²) >= 11 is 2.08. The number of anilines is 1. The molecule has 2 aromatic carbocycles. The number of benzene rings is 2. The summed E-state index contributed by atoms with van der Waals surface area (Å²) in [7, 11) is 0. The Bertz CT molecular complexity index is 602. The summed E-state index contributed by atoms with van der Waals surface area (Å²) in [6.45, 7) is 2.02. The largest absolute Gasteiger partial charge is 0.377 e. The van der Waals surface area contributed by atoms with Gasteiger partial charge in [-0.05, 0) is 53.6 Å². The molecule has 1 unspecified atom stereocenters. The van der Waals surface area contributed by atoms with E-state index in [0.717, 1.165) is 9.99 Å². The van der Waals surface area contributed by atoms with Gasteiger partial charge in [-0.2, -0.15) is 0 Å². The van der Waals surface area contributed by atoms with Crippen molar-refractivity contribution in [3.63, 3.8) is 0 Å². The predicted octanol–water partition coefficient (Wildman–Crippen LogP) is 4.24. The molecule has 1 atom stereocenters. The quantitative estimate of drug-likeness (QED) is 0.478. The van der Waals surface area contributed by atoms with Crippen molar-refractivity contribution in [2.45, 2.75) is 19.4 Å². The summed E-state index contributed by atoms with van der Waals surface area (Å²) in [5.41, 5.74) is 1.90. The standard InChI is InChI=1S/C15H15IN2O2/c1-11(9-12-5-3-2-4-6-12)17-14-8-7-13(16)10-15(14)18(19)20/h2-8,10-11,17H,9H2,1H3. The van der Waals surface area contributed by atoms with Crippen molar-refractivity contribution in [2.24, 2.45) is 0 Å². The number of hydrogen-bond donors (Lipinski definition) is 1. The third-order valence-electron chi connectivity index (χ3n) is 2.94. The number of hydrogen-bond acceptors (Lipinski definition) is 3. The Morgan fingerprint density at radius 1 is 1.25 bits per heavy atom. The summed E-state index contributed by atoms with van der Waals surface area (Å²) in [6.07, 6.45) is 0.823. The minimum atomic E-state index is -0.347. The fourth-order valence-electron chi connectivity index (χ4n) is 2.06. The summed E-state index contributed by atoms with van der Waals surface area (Å²) in [5.74, 6) is 0. The lowest BCUT2D eigenvalue weighted by atomic mass is 10.1. The van der Waals surface area contributed by atoms with Crippen LogP contribution >= 0.6 is 22.6 Å². The van der Waals surface area contributed by atoms with Gasteiger partial charge in [-0.3, -0.25) is 10.1 Å². The minimum Gasteiger partial charge on any atom is -0.377 e. The number of nitro groups is 1. The Balaban J connectivity index is 2.11. The molecule has 20 heavy (non-hydrogen) atoms. The molecular weight excluding hydrogens is 367 g/mol. The first-order valence-corrected chi connectivity index (χ1v) is 7.38. The van der Waals surface area contributed by atoms with E-state index >= 15 is 0 Å². The highest BCUT2D eigenvalue weighted by atomic mass is 127. The molecule has 2 aromatic rings. The lowest BCUT2D eigenvalue weighted by Gasteiger charge is -2.15. The first kappa shape index (κ1) is 14.8. The van der Waals surface area contributed by atoms with Crippen molar-refractivity contribution >= 4 is 34.0 Å². The minimum absolute atomic E-state index is 0.121. The number of nitrogens with one attached hydrogen (secondary N) is 1. The van der Waals surface area contributed by atoms with Gasteiger partial charge in [0.2, 0.25) is 0 Å². The molecule has 0 amide bonds. The Morgan fingerprint density at radius 2 is 1.95 bits per heavy atom. The van der Waals surface area contributed by atoms with Crippen LogP contribution in [0.2, 0.25) is 0 Å². The van der Waals surface area contributed by atoms with Gasteiger partial charge in [-0.25, -0.2) is 0 Å². The normalized spacial score (nSPS) is 11.9. The number of nitro benzene ring substituents is 1. The lowest BCUT2D eigenvalue weighted by molar-refractivity contribution is -0.384. The number of halogens is 1. The van der Waals surface area contributed by atoms with Crippen molar-refractivity contribution in [3.8, 4) is 0 Å². The van der Waals surface area contributed by atoms with Crippen LogP contribution in [-0.2, 0) is 6.42 Å². The molecule has 0 saturated carbocycles. The Labute approximate surface area is 131 Å². The van der Waals surface area contributed by atoms with E-state index in [1.807, 2.05) is 31.2 Å². The highest BCUT2D eigenvalue weighted by molar-refractivity contribution is 14.1. The summed E-state index contributed by atoms with van der Waals surface area (Å²) in [4.78, 5) is 10.7. The Kier molecular flexibility index (Phi) is 4.94. The van der Waals surface area contributed by atoms with Crippen LogP contribution in [0.25, 0.3) is 0 Å². The summed E-state index contributed by atoms with van der Waals surface area (Å²) < 4.78 is 0.857. The van der Waals surface area contributed by atoms with Crippen LogP contribution in [0, 0.1) is 13.7 Å². The maximum absolute atomic E-state index is 11.1. The van der Waals surface area contributed by atoms with Crippen molar-refractivity contribution in [2.75, 3.05) is 5.32 Å². The molecule has 2 rings (SSSR count). The molecule has 0 spiro atoms. The van der Waals surface area contributed by atoms with Crippen molar-refractivity contribution in [3.05, 3.63) is 67.8 Å². The predicted molar refractivity (Wildman–Crippen MR) is 89.0 cm³/mol. The maximum Gasteiger partial charge on any atom is 0.293 e. The SMILES string of the molecule is CC(Cc1ccccc1)Nc1ccc(I)cc1[N+](=O)[O-]. The highest BCUT2D eigenvalue weighted by Crippen LogP contribution is 2.27. The topological polar surface area (TPSA) is 55.2 Å². The molecule has 1 N–H and O–H groups in total. The van der Waals surface area contributed by atoms with Gasteiger partial charge in [0.05, 0.1) is 4.92 Å². The molecule has 4 nitrogen and oxygen atoms in total. The van der Waals surface area contributed by atoms with Gasteiger partial charge in [-0.15, -0.1) is 0 Å². The van der Waals surface area contributed by atoms with Crippen LogP contribution in [-0.4, -0.2) is 11.0 Å². The zero-order valence-corrected chi connectivity index (χ0v) is 13.2. The van der Waals surface area contributed by atoms with Gasteiger partial charge >= 0.3 is 0 Å². The van der Waals surface area contributed by atoms with Gasteiger partial charge in [0, 0.05) is 15.7 Å². The number of rotatable bonds is 5. The fourth-order valence-corrected chi connectivity index (χ4v) is 2.54. The smallest absolute Gasteiger partial charge is 0.293 e. The van der Waals surface area contributed by atoms with Gasteiger partial charge in [0.25, 0.3) is 5.69 Å². The molecule has 0 heterocycles. The monoisotopic (exact) mass is 382 g/mol. The highest BCUT2D eigenvalue weighted by Gasteiger charge is 2.15. The second-order valence-electron chi connectivity index (χ2n) is 4.65. The van der Waals surface area contributed by atoms with E-state index in [2.05, 4.69) is 40.0 Å². The Hall–Kier alpha value is -1.63. The molecule has 0 fully saturated rings. The van der Waals surface area contributed by atoms with Crippen LogP contribution in [0.5, 0.6) is 0 Å².